The Balaban J connectivity index is 1.21. The first kappa shape index (κ1) is 51.1. The summed E-state index contributed by atoms with van der Waals surface area (Å²) in [5, 5.41) is 10.1. The molecule has 3 aromatic carbocycles. The molecule has 67 heavy (non-hydrogen) atoms. The molecule has 18 nitrogen and oxygen atoms in total. The first-order valence-corrected chi connectivity index (χ1v) is 25.9. The minimum atomic E-state index is -3.95. The second kappa shape index (κ2) is 22.2. The summed E-state index contributed by atoms with van der Waals surface area (Å²) in [7, 11) is 0.552. The molecule has 3 heterocycles. The van der Waals surface area contributed by atoms with E-state index in [1.807, 2.05) is 24.3 Å². The average molecular weight is 985 g/mol. The molecule has 2 aliphatic heterocycles. The zero-order chi connectivity index (χ0) is 48.7. The number of anilines is 2. The summed E-state index contributed by atoms with van der Waals surface area (Å²) < 4.78 is 29.8. The Bertz CT molecular complexity index is 2590. The number of benzene rings is 3. The van der Waals surface area contributed by atoms with Crippen molar-refractivity contribution < 1.29 is 52.4 Å². The van der Waals surface area contributed by atoms with Gasteiger partial charge in [0.1, 0.15) is 17.8 Å². The second-order valence-corrected chi connectivity index (χ2v) is 20.9. The summed E-state index contributed by atoms with van der Waals surface area (Å²) >= 11 is 7.83. The van der Waals surface area contributed by atoms with Gasteiger partial charge in [-0.3, -0.25) is 38.2 Å². The van der Waals surface area contributed by atoms with E-state index in [9.17, 15) is 38.2 Å². The quantitative estimate of drug-likeness (QED) is 0.0258. The van der Waals surface area contributed by atoms with Gasteiger partial charge in [0.05, 0.1) is 43.5 Å². The second-order valence-electron chi connectivity index (χ2n) is 16.9. The monoisotopic (exact) mass is 983 g/mol. The Morgan fingerprint density at radius 3 is 2.33 bits per heavy atom. The van der Waals surface area contributed by atoms with Crippen LogP contribution < -0.4 is 40.8 Å². The number of nitrogens with one attached hydrogen (secondary N) is 4. The fourth-order valence-electron chi connectivity index (χ4n) is 8.61. The van der Waals surface area contributed by atoms with Crippen molar-refractivity contribution in [3.8, 4) is 17.2 Å². The number of fused-ring (bicyclic) bond motifs is 4. The Hall–Kier alpha value is -5.33. The number of methoxy groups -OCH3 is 3. The summed E-state index contributed by atoms with van der Waals surface area (Å²) in [6.45, 7) is 3.82. The minimum Gasteiger partial charge on any atom is -0.493 e. The van der Waals surface area contributed by atoms with Crippen LogP contribution in [0.2, 0.25) is 0 Å². The topological polar surface area (TPSA) is 252 Å². The lowest BCUT2D eigenvalue weighted by atomic mass is 9.94. The standard InChI is InChI=1S/C46H59ClN7O11PS/c1-25(2)39(52-36(55)14-17-66(61,62)18-16-53-37(56)22-35(67-6)46(53)60)44(58)50-30(13-9-10-15-48)43(57)51-31-21-33-38(29-12-8-7-11-28(29)31)27(23-47)24-54(33)45(59)32-19-26-20-34(63-3)41(64-4)42(65-5)40(26)49-32/h7-8,11-12,19-21,25,27,30,35,39,49H,9-10,13-18,22-24,48H2,1-6H3,(H,50,58)(H,51,57)(H,52,55)(H,61,62)/t27-,30+,35?,39+/m1/s1. The van der Waals surface area contributed by atoms with Crippen molar-refractivity contribution in [1.29, 1.82) is 0 Å². The van der Waals surface area contributed by atoms with Crippen LogP contribution in [0.15, 0.2) is 42.5 Å². The fraction of sp³-hybridized carbons (Fsp3) is 0.478. The third kappa shape index (κ3) is 11.2. The molecule has 1 fully saturated rings. The lowest BCUT2D eigenvalue weighted by Gasteiger charge is -2.26. The van der Waals surface area contributed by atoms with E-state index in [-0.39, 0.29) is 55.5 Å². The molecule has 21 heteroatoms. The number of unbranched alkanes of at least 4 members (excludes halogenated alkanes) is 1. The van der Waals surface area contributed by atoms with Crippen LogP contribution in [0.5, 0.6) is 17.2 Å². The van der Waals surface area contributed by atoms with Crippen LogP contribution in [0.25, 0.3) is 21.7 Å². The molecule has 6 amide bonds. The molecule has 1 saturated heterocycles. The van der Waals surface area contributed by atoms with Crippen molar-refractivity contribution in [2.75, 3.05) is 75.6 Å². The number of halogens is 1. The van der Waals surface area contributed by atoms with Gasteiger partial charge >= 0.3 is 0 Å². The van der Waals surface area contributed by atoms with Gasteiger partial charge in [-0.2, -0.15) is 11.8 Å². The summed E-state index contributed by atoms with van der Waals surface area (Å²) in [6, 6.07) is 10.5. The van der Waals surface area contributed by atoms with Gasteiger partial charge in [0.2, 0.25) is 42.7 Å². The number of imide groups is 1. The maximum absolute atomic E-state index is 14.5. The summed E-state index contributed by atoms with van der Waals surface area (Å²) in [5.41, 5.74) is 8.39. The Kier molecular flexibility index (Phi) is 16.9. The third-order valence-corrected chi connectivity index (χ3v) is 15.3. The van der Waals surface area contributed by atoms with Gasteiger partial charge in [-0.25, -0.2) is 0 Å². The summed E-state index contributed by atoms with van der Waals surface area (Å²) in [4.78, 5) is 97.3. The molecule has 7 N–H and O–H groups in total. The highest BCUT2D eigenvalue weighted by Crippen LogP contribution is 2.47. The van der Waals surface area contributed by atoms with Crippen LogP contribution in [-0.4, -0.2) is 133 Å². The van der Waals surface area contributed by atoms with Crippen LogP contribution >= 0.6 is 30.7 Å². The minimum absolute atomic E-state index is 0.0335. The van der Waals surface area contributed by atoms with Crippen LogP contribution in [-0.2, 0) is 28.5 Å². The Morgan fingerprint density at radius 1 is 0.985 bits per heavy atom. The van der Waals surface area contributed by atoms with E-state index in [1.165, 1.54) is 33.1 Å². The number of aromatic nitrogens is 1. The van der Waals surface area contributed by atoms with Crippen molar-refractivity contribution in [1.82, 2.24) is 20.5 Å². The van der Waals surface area contributed by atoms with Crippen molar-refractivity contribution in [2.24, 2.45) is 11.7 Å². The van der Waals surface area contributed by atoms with E-state index in [1.54, 1.807) is 43.2 Å². The van der Waals surface area contributed by atoms with E-state index in [0.29, 0.717) is 64.3 Å². The van der Waals surface area contributed by atoms with Gasteiger partial charge in [-0.05, 0) is 67.1 Å². The lowest BCUT2D eigenvalue weighted by Crippen LogP contribution is -2.54. The number of thioether (sulfide) groups is 1. The van der Waals surface area contributed by atoms with Gasteiger partial charge in [0, 0.05) is 60.8 Å². The molecule has 0 saturated carbocycles. The molecular weight excluding hydrogens is 925 g/mol. The number of hydrogen-bond acceptors (Lipinski definition) is 12. The highest BCUT2D eigenvalue weighted by molar-refractivity contribution is 8.00. The molecule has 0 radical (unpaired) electrons. The van der Waals surface area contributed by atoms with E-state index in [2.05, 4.69) is 20.9 Å². The Labute approximate surface area is 398 Å². The van der Waals surface area contributed by atoms with Gasteiger partial charge < -0.3 is 50.7 Å². The molecule has 0 spiro atoms. The number of carbonyl (C=O) groups is 6. The summed E-state index contributed by atoms with van der Waals surface area (Å²) in [5.74, 6) is -2.32. The van der Waals surface area contributed by atoms with Crippen LogP contribution in [0.4, 0.5) is 11.4 Å². The number of nitrogens with zero attached hydrogens (tertiary/aromatic N) is 2. The predicted octanol–water partition coefficient (Wildman–Crippen LogP) is 5.17. The molecule has 1 aromatic heterocycles. The van der Waals surface area contributed by atoms with E-state index in [0.717, 1.165) is 15.8 Å². The van der Waals surface area contributed by atoms with Crippen molar-refractivity contribution in [2.45, 2.75) is 69.2 Å². The lowest BCUT2D eigenvalue weighted by molar-refractivity contribution is -0.138. The van der Waals surface area contributed by atoms with E-state index in [4.69, 9.17) is 31.5 Å². The number of ether oxygens (including phenoxy) is 3. The predicted molar refractivity (Wildman–Crippen MR) is 260 cm³/mol. The third-order valence-electron chi connectivity index (χ3n) is 12.2. The first-order chi connectivity index (χ1) is 32.0. The molecule has 0 aliphatic carbocycles. The van der Waals surface area contributed by atoms with E-state index >= 15 is 0 Å². The maximum Gasteiger partial charge on any atom is 0.274 e. The molecule has 362 valence electrons. The van der Waals surface area contributed by atoms with Crippen LogP contribution in [0.3, 0.4) is 0 Å². The number of rotatable bonds is 22. The number of amides is 6. The van der Waals surface area contributed by atoms with Gasteiger partial charge in [0.25, 0.3) is 5.91 Å². The molecular formula is C46H59ClN7O11PS. The first-order valence-electron chi connectivity index (χ1n) is 22.0. The largest absolute Gasteiger partial charge is 0.493 e. The zero-order valence-corrected chi connectivity index (χ0v) is 40.9. The fourth-order valence-corrected chi connectivity index (χ4v) is 10.8. The molecule has 6 rings (SSSR count). The average Bonchev–Trinajstić information content (AvgIpc) is 4.00. The van der Waals surface area contributed by atoms with Crippen molar-refractivity contribution in [3.05, 3.63) is 53.7 Å². The number of carbonyl (C=O) groups excluding carboxylic acids is 6. The molecule has 2 aliphatic rings. The zero-order valence-electron chi connectivity index (χ0n) is 38.4. The smallest absolute Gasteiger partial charge is 0.274 e. The molecule has 2 unspecified atom stereocenters. The van der Waals surface area contributed by atoms with Gasteiger partial charge in [0.15, 0.2) is 11.5 Å². The normalized spacial score (nSPS) is 17.6. The number of hydrogen-bond donors (Lipinski definition) is 6. The Morgan fingerprint density at radius 2 is 1.70 bits per heavy atom. The number of aromatic amines is 1. The molecule has 5 atom stereocenters. The van der Waals surface area contributed by atoms with E-state index < -0.39 is 72.7 Å². The van der Waals surface area contributed by atoms with Crippen molar-refractivity contribution >= 4 is 99.2 Å². The maximum atomic E-state index is 14.5. The SMILES string of the molecule is COc1cc2cc(C(=O)N3C[C@@H](CCl)c4c3cc(NC(=O)[C@H](CCCCN)NC(=O)[C@@H](NC(=O)CCP(=O)(O)CCN3C(=O)CC(SC)C3=O)C(C)C)c3ccccc43)[nH]c2c(OC)c1OC. The van der Waals surface area contributed by atoms with Crippen LogP contribution in [0.1, 0.15) is 67.9 Å². The summed E-state index contributed by atoms with van der Waals surface area (Å²) in [6.07, 6.45) is 1.83. The molecule has 4 aromatic rings. The van der Waals surface area contributed by atoms with Crippen molar-refractivity contribution in [3.63, 3.8) is 0 Å². The molecule has 0 bridgehead atoms. The van der Waals surface area contributed by atoms with Gasteiger partial charge in [-0.1, -0.05) is 38.1 Å². The highest BCUT2D eigenvalue weighted by atomic mass is 35.5. The number of likely N-dealkylation sites (tertiary alicyclic amines) is 1. The highest BCUT2D eigenvalue weighted by Gasteiger charge is 2.40. The number of alkyl halides is 1. The van der Waals surface area contributed by atoms with Crippen LogP contribution in [0, 0.1) is 5.92 Å². The van der Waals surface area contributed by atoms with Gasteiger partial charge in [-0.15, -0.1) is 11.6 Å². The number of nitrogens with two attached hydrogens (primary N) is 1. The number of H-pyrrole nitrogens is 1.